The molecular formula is C9H16F3NO2. The molecule has 0 aromatic carbocycles. The number of alkyl halides is 3. The van der Waals surface area contributed by atoms with Crippen LogP contribution in [0.25, 0.3) is 0 Å². The van der Waals surface area contributed by atoms with E-state index in [9.17, 15) is 13.2 Å². The lowest BCUT2D eigenvalue weighted by Crippen LogP contribution is -2.38. The van der Waals surface area contributed by atoms with E-state index in [0.717, 1.165) is 12.8 Å². The summed E-state index contributed by atoms with van der Waals surface area (Å²) in [6.45, 7) is 1.49. The van der Waals surface area contributed by atoms with Crippen molar-refractivity contribution in [3.05, 3.63) is 0 Å². The minimum Gasteiger partial charge on any atom is -0.384 e. The molecule has 2 N–H and O–H groups in total. The van der Waals surface area contributed by atoms with Crippen LogP contribution in [0.1, 0.15) is 19.3 Å². The predicted octanol–water partition coefficient (Wildman–Crippen LogP) is 1.07. The Morgan fingerprint density at radius 1 is 1.33 bits per heavy atom. The number of rotatable bonds is 4. The minimum atomic E-state index is -4.50. The molecule has 0 aliphatic carbocycles. The van der Waals surface area contributed by atoms with Gasteiger partial charge in [-0.15, -0.1) is 0 Å². The smallest absolute Gasteiger partial charge is 0.384 e. The summed E-state index contributed by atoms with van der Waals surface area (Å²) in [6.07, 6.45) is -5.37. The second kappa shape index (κ2) is 5.67. The summed E-state index contributed by atoms with van der Waals surface area (Å²) < 4.78 is 40.9. The van der Waals surface area contributed by atoms with Crippen molar-refractivity contribution in [2.75, 3.05) is 19.8 Å². The van der Waals surface area contributed by atoms with Gasteiger partial charge in [0.2, 0.25) is 0 Å². The van der Waals surface area contributed by atoms with Gasteiger partial charge in [0.15, 0.2) is 6.10 Å². The molecule has 0 bridgehead atoms. The van der Waals surface area contributed by atoms with Crippen LogP contribution in [0, 0.1) is 0 Å². The Hall–Kier alpha value is -0.330. The molecule has 0 aromatic rings. The number of nitrogens with one attached hydrogen (secondary N) is 1. The van der Waals surface area contributed by atoms with Crippen LogP contribution >= 0.6 is 0 Å². The molecule has 1 atom stereocenters. The van der Waals surface area contributed by atoms with E-state index in [1.165, 1.54) is 0 Å². The van der Waals surface area contributed by atoms with Crippen LogP contribution in [0.5, 0.6) is 0 Å². The lowest BCUT2D eigenvalue weighted by molar-refractivity contribution is -0.205. The second-order valence-corrected chi connectivity index (χ2v) is 3.69. The highest BCUT2D eigenvalue weighted by molar-refractivity contribution is 4.72. The van der Waals surface area contributed by atoms with Crippen LogP contribution in [-0.2, 0) is 4.74 Å². The number of ether oxygens (including phenoxy) is 1. The first-order chi connectivity index (χ1) is 7.00. The van der Waals surface area contributed by atoms with Gasteiger partial charge in [-0.2, -0.15) is 13.2 Å². The van der Waals surface area contributed by atoms with Gasteiger partial charge in [-0.05, 0) is 25.8 Å². The third kappa shape index (κ3) is 4.81. The minimum absolute atomic E-state index is 0.186. The Kier molecular flexibility index (Phi) is 4.82. The maximum atomic E-state index is 11.9. The van der Waals surface area contributed by atoms with E-state index in [4.69, 9.17) is 9.84 Å². The van der Waals surface area contributed by atoms with Crippen molar-refractivity contribution in [2.45, 2.75) is 37.6 Å². The summed E-state index contributed by atoms with van der Waals surface area (Å²) in [5, 5.41) is 11.7. The molecule has 15 heavy (non-hydrogen) atoms. The zero-order valence-corrected chi connectivity index (χ0v) is 8.39. The maximum absolute atomic E-state index is 11.9. The van der Waals surface area contributed by atoms with Gasteiger partial charge < -0.3 is 15.2 Å². The molecule has 1 aliphatic heterocycles. The maximum Gasteiger partial charge on any atom is 0.414 e. The SMILES string of the molecule is OC(CCNC1CCOCC1)C(F)(F)F. The van der Waals surface area contributed by atoms with Crippen molar-refractivity contribution in [3.8, 4) is 0 Å². The molecule has 0 saturated carbocycles. The largest absolute Gasteiger partial charge is 0.414 e. The Balaban J connectivity index is 2.10. The first-order valence-corrected chi connectivity index (χ1v) is 5.06. The molecule has 1 unspecified atom stereocenters. The van der Waals surface area contributed by atoms with Gasteiger partial charge in [-0.25, -0.2) is 0 Å². The van der Waals surface area contributed by atoms with Gasteiger partial charge in [-0.1, -0.05) is 0 Å². The summed E-state index contributed by atoms with van der Waals surface area (Å²) in [6, 6.07) is 0.221. The summed E-state index contributed by atoms with van der Waals surface area (Å²) >= 11 is 0. The number of aliphatic hydroxyl groups is 1. The molecule has 0 radical (unpaired) electrons. The highest BCUT2D eigenvalue weighted by Crippen LogP contribution is 2.21. The van der Waals surface area contributed by atoms with Crippen molar-refractivity contribution in [1.82, 2.24) is 5.32 Å². The molecule has 3 nitrogen and oxygen atoms in total. The standard InChI is InChI=1S/C9H16F3NO2/c10-9(11,12)8(14)1-4-13-7-2-5-15-6-3-7/h7-8,13-14H,1-6H2. The van der Waals surface area contributed by atoms with Gasteiger partial charge in [0.05, 0.1) is 0 Å². The van der Waals surface area contributed by atoms with Crippen LogP contribution in [0.15, 0.2) is 0 Å². The quantitative estimate of drug-likeness (QED) is 0.754. The van der Waals surface area contributed by atoms with Gasteiger partial charge in [-0.3, -0.25) is 0 Å². The summed E-state index contributed by atoms with van der Waals surface area (Å²) in [5.74, 6) is 0. The number of aliphatic hydroxyl groups excluding tert-OH is 1. The molecule has 1 aliphatic rings. The monoisotopic (exact) mass is 227 g/mol. The van der Waals surface area contributed by atoms with E-state index < -0.39 is 12.3 Å². The van der Waals surface area contributed by atoms with Crippen molar-refractivity contribution < 1.29 is 23.0 Å². The van der Waals surface area contributed by atoms with E-state index in [1.807, 2.05) is 0 Å². The molecule has 1 fully saturated rings. The Morgan fingerprint density at radius 3 is 2.47 bits per heavy atom. The number of halogens is 3. The molecule has 1 saturated heterocycles. The second-order valence-electron chi connectivity index (χ2n) is 3.69. The lowest BCUT2D eigenvalue weighted by Gasteiger charge is -2.24. The van der Waals surface area contributed by atoms with E-state index in [1.54, 1.807) is 0 Å². The topological polar surface area (TPSA) is 41.5 Å². The third-order valence-electron chi connectivity index (χ3n) is 2.45. The average molecular weight is 227 g/mol. The zero-order valence-electron chi connectivity index (χ0n) is 8.39. The number of hydrogen-bond donors (Lipinski definition) is 2. The third-order valence-corrected chi connectivity index (χ3v) is 2.45. The summed E-state index contributed by atoms with van der Waals surface area (Å²) in [5.41, 5.74) is 0. The van der Waals surface area contributed by atoms with Crippen LogP contribution in [0.2, 0.25) is 0 Å². The molecular weight excluding hydrogens is 211 g/mol. The van der Waals surface area contributed by atoms with Crippen LogP contribution in [-0.4, -0.2) is 43.2 Å². The fourth-order valence-corrected chi connectivity index (χ4v) is 1.49. The molecule has 90 valence electrons. The summed E-state index contributed by atoms with van der Waals surface area (Å²) in [7, 11) is 0. The average Bonchev–Trinajstić information content (AvgIpc) is 2.18. The molecule has 0 amide bonds. The van der Waals surface area contributed by atoms with E-state index in [2.05, 4.69) is 5.32 Å². The van der Waals surface area contributed by atoms with Crippen LogP contribution in [0.3, 0.4) is 0 Å². The fraction of sp³-hybridized carbons (Fsp3) is 1.00. The predicted molar refractivity (Wildman–Crippen MR) is 48.5 cm³/mol. The zero-order chi connectivity index (χ0) is 11.3. The molecule has 6 heteroatoms. The summed E-state index contributed by atoms with van der Waals surface area (Å²) in [4.78, 5) is 0. The van der Waals surface area contributed by atoms with Gasteiger partial charge in [0.25, 0.3) is 0 Å². The normalized spacial score (nSPS) is 21.6. The molecule has 1 heterocycles. The fourth-order valence-electron chi connectivity index (χ4n) is 1.49. The molecule has 0 spiro atoms. The highest BCUT2D eigenvalue weighted by Gasteiger charge is 2.37. The van der Waals surface area contributed by atoms with Crippen LogP contribution < -0.4 is 5.32 Å². The van der Waals surface area contributed by atoms with E-state index in [-0.39, 0.29) is 19.0 Å². The van der Waals surface area contributed by atoms with E-state index in [0.29, 0.717) is 13.2 Å². The van der Waals surface area contributed by atoms with Gasteiger partial charge >= 0.3 is 6.18 Å². The molecule has 0 aromatic heterocycles. The Morgan fingerprint density at radius 2 is 1.93 bits per heavy atom. The number of hydrogen-bond acceptors (Lipinski definition) is 3. The Labute approximate surface area is 86.6 Å². The van der Waals surface area contributed by atoms with Crippen LogP contribution in [0.4, 0.5) is 13.2 Å². The van der Waals surface area contributed by atoms with E-state index >= 15 is 0 Å². The van der Waals surface area contributed by atoms with Gasteiger partial charge in [0, 0.05) is 19.3 Å². The van der Waals surface area contributed by atoms with Crippen molar-refractivity contribution in [3.63, 3.8) is 0 Å². The highest BCUT2D eigenvalue weighted by atomic mass is 19.4. The van der Waals surface area contributed by atoms with Crippen molar-refractivity contribution in [2.24, 2.45) is 0 Å². The first-order valence-electron chi connectivity index (χ1n) is 5.06. The van der Waals surface area contributed by atoms with Gasteiger partial charge in [0.1, 0.15) is 0 Å². The van der Waals surface area contributed by atoms with Crippen molar-refractivity contribution >= 4 is 0 Å². The lowest BCUT2D eigenvalue weighted by atomic mass is 10.1. The van der Waals surface area contributed by atoms with Crippen molar-refractivity contribution in [1.29, 1.82) is 0 Å². The first kappa shape index (κ1) is 12.7. The molecule has 1 rings (SSSR count). The Bertz CT molecular complexity index is 181.